The molecule has 142 valence electrons. The molecule has 1 amide bonds. The number of halogens is 1. The zero-order chi connectivity index (χ0) is 19.3. The quantitative estimate of drug-likeness (QED) is 0.624. The number of aromatic nitrogens is 2. The zero-order valence-electron chi connectivity index (χ0n) is 15.4. The van der Waals surface area contributed by atoms with Crippen molar-refractivity contribution in [2.45, 2.75) is 6.04 Å². The first kappa shape index (κ1) is 18.8. The number of rotatable bonds is 4. The van der Waals surface area contributed by atoms with Crippen LogP contribution in [-0.4, -0.2) is 51.9 Å². The molecule has 1 atom stereocenters. The van der Waals surface area contributed by atoms with Crippen molar-refractivity contribution in [1.29, 1.82) is 0 Å². The van der Waals surface area contributed by atoms with Gasteiger partial charge in [-0.15, -0.1) is 0 Å². The molecule has 0 bridgehead atoms. The van der Waals surface area contributed by atoms with Crippen LogP contribution in [0.1, 0.15) is 27.5 Å². The molecule has 0 spiro atoms. The van der Waals surface area contributed by atoms with Crippen molar-refractivity contribution in [2.24, 2.45) is 0 Å². The predicted octanol–water partition coefficient (Wildman–Crippen LogP) is 3.79. The predicted molar refractivity (Wildman–Crippen MR) is 112 cm³/mol. The summed E-state index contributed by atoms with van der Waals surface area (Å²) in [6, 6.07) is 16.5. The monoisotopic (exact) mass is 436 g/mol. The molecule has 0 aliphatic carbocycles. The van der Waals surface area contributed by atoms with E-state index in [1.807, 2.05) is 29.3 Å². The second-order valence-corrected chi connectivity index (χ2v) is 7.74. The van der Waals surface area contributed by atoms with Gasteiger partial charge in [0.15, 0.2) is 0 Å². The van der Waals surface area contributed by atoms with Crippen LogP contribution < -0.4 is 0 Å². The molecule has 0 N–H and O–H groups in total. The summed E-state index contributed by atoms with van der Waals surface area (Å²) >= 11 is 3.39. The highest BCUT2D eigenvalue weighted by molar-refractivity contribution is 9.10. The van der Waals surface area contributed by atoms with E-state index in [4.69, 9.17) is 0 Å². The molecule has 1 aromatic carbocycles. The summed E-state index contributed by atoms with van der Waals surface area (Å²) in [6.45, 7) is 2.99. The van der Waals surface area contributed by atoms with Crippen LogP contribution in [0.5, 0.6) is 0 Å². The van der Waals surface area contributed by atoms with Crippen LogP contribution in [0, 0.1) is 0 Å². The number of hydrogen-bond acceptors (Lipinski definition) is 4. The van der Waals surface area contributed by atoms with Crippen molar-refractivity contribution in [1.82, 2.24) is 19.8 Å². The minimum absolute atomic E-state index is 0.0334. The molecule has 5 nitrogen and oxygen atoms in total. The fourth-order valence-electron chi connectivity index (χ4n) is 3.68. The summed E-state index contributed by atoms with van der Waals surface area (Å²) in [4.78, 5) is 25.6. The van der Waals surface area contributed by atoms with E-state index in [0.717, 1.165) is 17.6 Å². The molecule has 3 aromatic rings. The molecular formula is C22H21BrN4O. The van der Waals surface area contributed by atoms with E-state index in [1.54, 1.807) is 18.6 Å². The maximum atomic E-state index is 12.8. The maximum Gasteiger partial charge on any atom is 0.255 e. The van der Waals surface area contributed by atoms with Gasteiger partial charge >= 0.3 is 0 Å². The van der Waals surface area contributed by atoms with Crippen LogP contribution in [0.15, 0.2) is 77.8 Å². The van der Waals surface area contributed by atoms with Crippen LogP contribution >= 0.6 is 15.9 Å². The van der Waals surface area contributed by atoms with Crippen molar-refractivity contribution in [2.75, 3.05) is 26.2 Å². The lowest BCUT2D eigenvalue weighted by molar-refractivity contribution is 0.0596. The Labute approximate surface area is 173 Å². The first-order chi connectivity index (χ1) is 13.7. The molecule has 1 unspecified atom stereocenters. The lowest BCUT2D eigenvalue weighted by Crippen LogP contribution is -2.49. The van der Waals surface area contributed by atoms with Gasteiger partial charge in [0.2, 0.25) is 0 Å². The highest BCUT2D eigenvalue weighted by Gasteiger charge is 2.28. The Morgan fingerprint density at radius 1 is 0.893 bits per heavy atom. The third-order valence-electron chi connectivity index (χ3n) is 5.03. The van der Waals surface area contributed by atoms with E-state index in [9.17, 15) is 4.79 Å². The van der Waals surface area contributed by atoms with Crippen LogP contribution in [0.3, 0.4) is 0 Å². The second kappa shape index (κ2) is 8.63. The van der Waals surface area contributed by atoms with E-state index in [1.165, 1.54) is 11.1 Å². The van der Waals surface area contributed by atoms with E-state index < -0.39 is 0 Å². The molecule has 1 fully saturated rings. The molecule has 6 heteroatoms. The largest absolute Gasteiger partial charge is 0.336 e. The molecular weight excluding hydrogens is 416 g/mol. The van der Waals surface area contributed by atoms with Gasteiger partial charge in [-0.1, -0.05) is 36.4 Å². The van der Waals surface area contributed by atoms with Gasteiger partial charge in [0.25, 0.3) is 5.91 Å². The Kier molecular flexibility index (Phi) is 5.78. The van der Waals surface area contributed by atoms with Gasteiger partial charge in [-0.3, -0.25) is 19.7 Å². The van der Waals surface area contributed by atoms with Gasteiger partial charge < -0.3 is 4.90 Å². The van der Waals surface area contributed by atoms with E-state index in [-0.39, 0.29) is 11.9 Å². The minimum atomic E-state index is 0.0334. The van der Waals surface area contributed by atoms with Gasteiger partial charge in [-0.25, -0.2) is 0 Å². The molecule has 4 rings (SSSR count). The average Bonchev–Trinajstić information content (AvgIpc) is 2.75. The third-order valence-corrected chi connectivity index (χ3v) is 5.47. The second-order valence-electron chi connectivity index (χ2n) is 6.82. The molecule has 28 heavy (non-hydrogen) atoms. The van der Waals surface area contributed by atoms with E-state index in [2.05, 4.69) is 61.1 Å². The topological polar surface area (TPSA) is 49.3 Å². The standard InChI is InChI=1S/C22H21BrN4O/c23-20-13-19(15-25-16-20)22(28)27-11-9-26(10-12-27)21(17-5-2-1-3-6-17)18-7-4-8-24-14-18/h1-8,13-16,21H,9-12H2. The van der Waals surface area contributed by atoms with Crippen molar-refractivity contribution in [3.8, 4) is 0 Å². The molecule has 3 heterocycles. The number of pyridine rings is 2. The van der Waals surface area contributed by atoms with Crippen molar-refractivity contribution in [3.63, 3.8) is 0 Å². The summed E-state index contributed by atoms with van der Waals surface area (Å²) < 4.78 is 0.817. The SMILES string of the molecule is O=C(c1cncc(Br)c1)N1CCN(C(c2ccccc2)c2cccnc2)CC1. The number of nitrogens with zero attached hydrogens (tertiary/aromatic N) is 4. The zero-order valence-corrected chi connectivity index (χ0v) is 17.0. The van der Waals surface area contributed by atoms with E-state index >= 15 is 0 Å². The molecule has 1 aliphatic heterocycles. The van der Waals surface area contributed by atoms with Gasteiger partial charge in [-0.05, 0) is 39.2 Å². The number of benzene rings is 1. The van der Waals surface area contributed by atoms with Crippen molar-refractivity contribution >= 4 is 21.8 Å². The summed E-state index contributed by atoms with van der Waals surface area (Å²) in [5.74, 6) is 0.0334. The van der Waals surface area contributed by atoms with Crippen LogP contribution in [-0.2, 0) is 0 Å². The van der Waals surface area contributed by atoms with Gasteiger partial charge in [0.05, 0.1) is 11.6 Å². The third kappa shape index (κ3) is 4.13. The number of piperazine rings is 1. The van der Waals surface area contributed by atoms with Gasteiger partial charge in [-0.2, -0.15) is 0 Å². The van der Waals surface area contributed by atoms with Crippen molar-refractivity contribution in [3.05, 3.63) is 94.5 Å². The first-order valence-electron chi connectivity index (χ1n) is 9.31. The Bertz CT molecular complexity index is 888. The normalized spacial score (nSPS) is 16.0. The Balaban J connectivity index is 1.51. The average molecular weight is 437 g/mol. The summed E-state index contributed by atoms with van der Waals surface area (Å²) in [6.07, 6.45) is 7.05. The number of carbonyl (C=O) groups excluding carboxylic acids is 1. The first-order valence-corrected chi connectivity index (χ1v) is 10.1. The lowest BCUT2D eigenvalue weighted by atomic mass is 9.97. The summed E-state index contributed by atoms with van der Waals surface area (Å²) in [5.41, 5.74) is 3.03. The Hall–Kier alpha value is -2.57. The number of amides is 1. The van der Waals surface area contributed by atoms with Crippen LogP contribution in [0.25, 0.3) is 0 Å². The molecule has 1 aliphatic rings. The molecule has 1 saturated heterocycles. The van der Waals surface area contributed by atoms with Crippen LogP contribution in [0.4, 0.5) is 0 Å². The Morgan fingerprint density at radius 3 is 2.32 bits per heavy atom. The minimum Gasteiger partial charge on any atom is -0.336 e. The van der Waals surface area contributed by atoms with Gasteiger partial charge in [0.1, 0.15) is 0 Å². The fraction of sp³-hybridized carbons (Fsp3) is 0.227. The maximum absolute atomic E-state index is 12.8. The Morgan fingerprint density at radius 2 is 1.64 bits per heavy atom. The fourth-order valence-corrected chi connectivity index (χ4v) is 4.05. The molecule has 2 aromatic heterocycles. The highest BCUT2D eigenvalue weighted by Crippen LogP contribution is 2.29. The summed E-state index contributed by atoms with van der Waals surface area (Å²) in [5, 5.41) is 0. The smallest absolute Gasteiger partial charge is 0.255 e. The molecule has 0 radical (unpaired) electrons. The van der Waals surface area contributed by atoms with Crippen molar-refractivity contribution < 1.29 is 4.79 Å². The van der Waals surface area contributed by atoms with E-state index in [0.29, 0.717) is 18.7 Å². The number of carbonyl (C=O) groups is 1. The molecule has 0 saturated carbocycles. The lowest BCUT2D eigenvalue weighted by Gasteiger charge is -2.39. The van der Waals surface area contributed by atoms with Crippen LogP contribution in [0.2, 0.25) is 0 Å². The summed E-state index contributed by atoms with van der Waals surface area (Å²) in [7, 11) is 0. The number of hydrogen-bond donors (Lipinski definition) is 0. The highest BCUT2D eigenvalue weighted by atomic mass is 79.9. The van der Waals surface area contributed by atoms with Gasteiger partial charge in [0, 0.05) is 55.4 Å².